The van der Waals surface area contributed by atoms with Crippen molar-refractivity contribution in [2.75, 3.05) is 27.2 Å². The monoisotopic (exact) mass is 424 g/mol. The van der Waals surface area contributed by atoms with Crippen molar-refractivity contribution < 1.29 is 9.59 Å². The first-order chi connectivity index (χ1) is 14.4. The average Bonchev–Trinajstić information content (AvgIpc) is 3.20. The van der Waals surface area contributed by atoms with Gasteiger partial charge in [-0.25, -0.2) is 0 Å². The average molecular weight is 425 g/mol. The number of benzene rings is 1. The fourth-order valence-corrected chi connectivity index (χ4v) is 4.60. The Kier molecular flexibility index (Phi) is 5.64. The Morgan fingerprint density at radius 1 is 1.13 bits per heavy atom. The number of aryl methyl sites for hydroxylation is 1. The molecule has 0 unspecified atom stereocenters. The normalized spacial score (nSPS) is 18.9. The zero-order chi connectivity index (χ0) is 21.4. The molecule has 7 heteroatoms. The van der Waals surface area contributed by atoms with Crippen LogP contribution in [0.2, 0.25) is 0 Å². The van der Waals surface area contributed by atoms with Gasteiger partial charge in [-0.1, -0.05) is 25.1 Å². The van der Waals surface area contributed by atoms with E-state index in [1.165, 1.54) is 16.9 Å². The maximum atomic E-state index is 13.0. The number of aromatic nitrogens is 1. The minimum absolute atomic E-state index is 0.112. The largest absolute Gasteiger partial charge is 0.341 e. The van der Waals surface area contributed by atoms with E-state index in [2.05, 4.69) is 23.6 Å². The maximum absolute atomic E-state index is 13.0. The van der Waals surface area contributed by atoms with Crippen molar-refractivity contribution in [2.24, 2.45) is 0 Å². The quantitative estimate of drug-likeness (QED) is 0.559. The first-order valence-electron chi connectivity index (χ1n) is 10.6. The molecule has 0 aliphatic carbocycles. The number of piperidine rings is 1. The summed E-state index contributed by atoms with van der Waals surface area (Å²) in [7, 11) is 3.50. The van der Waals surface area contributed by atoms with E-state index in [4.69, 9.17) is 12.2 Å². The molecule has 0 N–H and O–H groups in total. The minimum atomic E-state index is -0.112. The Bertz CT molecular complexity index is 1050. The molecule has 2 aromatic rings. The molecular formula is C23H28N4O2S. The molecule has 2 aliphatic heterocycles. The number of fused-ring (bicyclic) bond motifs is 1. The van der Waals surface area contributed by atoms with Crippen molar-refractivity contribution in [1.82, 2.24) is 19.3 Å². The molecule has 0 atom stereocenters. The lowest BCUT2D eigenvalue weighted by Gasteiger charge is -2.27. The molecule has 0 radical (unpaired) electrons. The van der Waals surface area contributed by atoms with Gasteiger partial charge in [-0.2, -0.15) is 0 Å². The number of carbonyl (C=O) groups excluding carboxylic acids is 2. The highest BCUT2D eigenvalue weighted by Gasteiger charge is 2.33. The second-order valence-electron chi connectivity index (χ2n) is 8.06. The third-order valence-corrected chi connectivity index (χ3v) is 6.71. The van der Waals surface area contributed by atoms with Crippen LogP contribution in [-0.2, 0) is 22.6 Å². The summed E-state index contributed by atoms with van der Waals surface area (Å²) in [5.41, 5.74) is 3.74. The second-order valence-corrected chi connectivity index (χ2v) is 8.42. The third-order valence-electron chi connectivity index (χ3n) is 6.16. The van der Waals surface area contributed by atoms with Crippen molar-refractivity contribution in [3.63, 3.8) is 0 Å². The fraction of sp³-hybridized carbons (Fsp3) is 0.435. The molecule has 2 saturated heterocycles. The van der Waals surface area contributed by atoms with Gasteiger partial charge >= 0.3 is 0 Å². The van der Waals surface area contributed by atoms with Gasteiger partial charge in [0.05, 0.1) is 5.52 Å². The van der Waals surface area contributed by atoms with E-state index < -0.39 is 0 Å². The molecule has 158 valence electrons. The fourth-order valence-electron chi connectivity index (χ4n) is 4.42. The van der Waals surface area contributed by atoms with E-state index in [0.29, 0.717) is 17.4 Å². The highest BCUT2D eigenvalue weighted by atomic mass is 32.1. The van der Waals surface area contributed by atoms with Crippen LogP contribution in [0, 0.1) is 0 Å². The number of likely N-dealkylation sites (tertiary alicyclic amines) is 1. The third kappa shape index (κ3) is 3.51. The van der Waals surface area contributed by atoms with E-state index in [0.717, 1.165) is 48.8 Å². The van der Waals surface area contributed by atoms with E-state index in [9.17, 15) is 9.59 Å². The number of rotatable bonds is 4. The molecule has 1 aromatic carbocycles. The van der Waals surface area contributed by atoms with Gasteiger partial charge in [-0.05, 0) is 49.5 Å². The van der Waals surface area contributed by atoms with Gasteiger partial charge in [0.1, 0.15) is 12.2 Å². The van der Waals surface area contributed by atoms with Gasteiger partial charge in [0.15, 0.2) is 5.11 Å². The Labute approximate surface area is 182 Å². The van der Waals surface area contributed by atoms with Crippen LogP contribution in [0.15, 0.2) is 30.1 Å². The molecule has 2 fully saturated rings. The number of amides is 2. The second kappa shape index (κ2) is 8.22. The van der Waals surface area contributed by atoms with Crippen molar-refractivity contribution in [2.45, 2.75) is 39.2 Å². The Hall–Kier alpha value is -2.67. The lowest BCUT2D eigenvalue weighted by molar-refractivity contribution is -0.132. The smallest absolute Gasteiger partial charge is 0.276 e. The molecule has 0 saturated carbocycles. The summed E-state index contributed by atoms with van der Waals surface area (Å²) in [6.45, 7) is 4.13. The highest BCUT2D eigenvalue weighted by Crippen LogP contribution is 2.29. The number of para-hydroxylation sites is 1. The minimum Gasteiger partial charge on any atom is -0.341 e. The van der Waals surface area contributed by atoms with Gasteiger partial charge in [0.2, 0.25) is 5.91 Å². The Morgan fingerprint density at radius 2 is 1.87 bits per heavy atom. The van der Waals surface area contributed by atoms with E-state index in [-0.39, 0.29) is 11.8 Å². The molecule has 30 heavy (non-hydrogen) atoms. The highest BCUT2D eigenvalue weighted by molar-refractivity contribution is 7.80. The molecule has 0 bridgehead atoms. The van der Waals surface area contributed by atoms with Crippen molar-refractivity contribution in [3.8, 4) is 0 Å². The number of carbonyl (C=O) groups is 2. The molecule has 0 spiro atoms. The van der Waals surface area contributed by atoms with Gasteiger partial charge < -0.3 is 14.4 Å². The van der Waals surface area contributed by atoms with Crippen LogP contribution in [0.4, 0.5) is 0 Å². The maximum Gasteiger partial charge on any atom is 0.276 e. The lowest BCUT2D eigenvalue weighted by Crippen LogP contribution is -2.37. The first kappa shape index (κ1) is 20.6. The predicted octanol–water partition coefficient (Wildman–Crippen LogP) is 3.25. The molecule has 6 nitrogen and oxygen atoms in total. The summed E-state index contributed by atoms with van der Waals surface area (Å²) in [6, 6.07) is 6.21. The summed E-state index contributed by atoms with van der Waals surface area (Å²) >= 11 is 5.34. The summed E-state index contributed by atoms with van der Waals surface area (Å²) in [5, 5.41) is 1.54. The van der Waals surface area contributed by atoms with Crippen LogP contribution in [0.25, 0.3) is 17.0 Å². The summed E-state index contributed by atoms with van der Waals surface area (Å²) in [6.07, 6.45) is 8.13. The number of likely N-dealkylation sites (N-methyl/N-ethyl adjacent to an activating group) is 2. The molecule has 3 heterocycles. The van der Waals surface area contributed by atoms with Crippen LogP contribution in [0.5, 0.6) is 0 Å². The van der Waals surface area contributed by atoms with E-state index >= 15 is 0 Å². The molecule has 1 aromatic heterocycles. The number of hydrogen-bond donors (Lipinski definition) is 0. The molecule has 2 aliphatic rings. The molecular weight excluding hydrogens is 396 g/mol. The van der Waals surface area contributed by atoms with Gasteiger partial charge in [0, 0.05) is 44.3 Å². The summed E-state index contributed by atoms with van der Waals surface area (Å²) in [4.78, 5) is 30.8. The van der Waals surface area contributed by atoms with Crippen LogP contribution in [-0.4, -0.2) is 63.4 Å². The predicted molar refractivity (Wildman–Crippen MR) is 123 cm³/mol. The molecule has 4 rings (SSSR count). The van der Waals surface area contributed by atoms with E-state index in [1.807, 2.05) is 30.3 Å². The van der Waals surface area contributed by atoms with Crippen LogP contribution in [0.3, 0.4) is 0 Å². The Morgan fingerprint density at radius 3 is 2.50 bits per heavy atom. The number of thiocarbonyl (C=S) groups is 1. The number of nitrogens with zero attached hydrogens (tertiary/aromatic N) is 4. The van der Waals surface area contributed by atoms with Crippen molar-refractivity contribution >= 4 is 46.1 Å². The zero-order valence-electron chi connectivity index (χ0n) is 17.9. The van der Waals surface area contributed by atoms with Crippen LogP contribution < -0.4 is 0 Å². The SMILES string of the molecule is CCc1cccc2c(/C=C3/C(=O)N(C)C(=S)N3C)cn(CC(=O)N3CCCCC3)c12. The standard InChI is InChI=1S/C23H28N4O2S/c1-4-16-9-8-10-18-17(13-19-22(29)25(3)23(30)24(19)2)14-27(21(16)18)15-20(28)26-11-6-5-7-12-26/h8-10,13-14H,4-7,11-12,15H2,1-3H3/b19-13-. The molecule has 2 amide bonds. The van der Waals surface area contributed by atoms with Gasteiger partial charge in [-0.15, -0.1) is 0 Å². The lowest BCUT2D eigenvalue weighted by atomic mass is 10.1. The Balaban J connectivity index is 1.76. The van der Waals surface area contributed by atoms with Crippen LogP contribution in [0.1, 0.15) is 37.3 Å². The van der Waals surface area contributed by atoms with Crippen molar-refractivity contribution in [1.29, 1.82) is 0 Å². The van der Waals surface area contributed by atoms with E-state index in [1.54, 1.807) is 11.9 Å². The van der Waals surface area contributed by atoms with Gasteiger partial charge in [0.25, 0.3) is 5.91 Å². The topological polar surface area (TPSA) is 48.8 Å². The van der Waals surface area contributed by atoms with Gasteiger partial charge in [-0.3, -0.25) is 14.5 Å². The number of hydrogen-bond acceptors (Lipinski definition) is 3. The van der Waals surface area contributed by atoms with Crippen molar-refractivity contribution in [3.05, 3.63) is 41.2 Å². The van der Waals surface area contributed by atoms with Crippen LogP contribution >= 0.6 is 12.2 Å². The summed E-state index contributed by atoms with van der Waals surface area (Å²) in [5.74, 6) is 0.0473. The summed E-state index contributed by atoms with van der Waals surface area (Å²) < 4.78 is 2.05. The first-order valence-corrected chi connectivity index (χ1v) is 11.0. The zero-order valence-corrected chi connectivity index (χ0v) is 18.7.